The van der Waals surface area contributed by atoms with Crippen LogP contribution in [0, 0.1) is 6.92 Å². The van der Waals surface area contributed by atoms with Gasteiger partial charge < -0.3 is 8.98 Å². The molecule has 0 atom stereocenters. The molecule has 130 valence electrons. The van der Waals surface area contributed by atoms with Crippen molar-refractivity contribution in [3.8, 4) is 22.8 Å². The maximum Gasteiger partial charge on any atom is 0.226 e. The average molecular weight is 362 g/mol. The molecule has 0 saturated heterocycles. The monoisotopic (exact) mass is 362 g/mol. The van der Waals surface area contributed by atoms with E-state index in [1.165, 1.54) is 5.56 Å². The lowest BCUT2D eigenvalue weighted by Crippen LogP contribution is -1.95. The third-order valence-corrected chi connectivity index (χ3v) is 5.12. The summed E-state index contributed by atoms with van der Waals surface area (Å²) in [7, 11) is 1.98. The number of aromatic nitrogens is 4. The normalized spacial score (nSPS) is 11.0. The SMILES string of the molecule is Cc1ccc(-c2nnc(SCc3coc(-c4ccccc4)n3)n2C)cc1. The van der Waals surface area contributed by atoms with Crippen LogP contribution in [0.15, 0.2) is 70.4 Å². The average Bonchev–Trinajstić information content (AvgIpc) is 3.29. The van der Waals surface area contributed by atoms with Crippen LogP contribution < -0.4 is 0 Å². The van der Waals surface area contributed by atoms with Gasteiger partial charge in [-0.1, -0.05) is 59.8 Å². The Balaban J connectivity index is 1.47. The molecule has 0 aliphatic rings. The van der Waals surface area contributed by atoms with Crippen LogP contribution in [-0.2, 0) is 12.8 Å². The van der Waals surface area contributed by atoms with Gasteiger partial charge in [-0.05, 0) is 19.1 Å². The van der Waals surface area contributed by atoms with Crippen molar-refractivity contribution in [2.24, 2.45) is 7.05 Å². The highest BCUT2D eigenvalue weighted by atomic mass is 32.2. The predicted octanol–water partition coefficient (Wildman–Crippen LogP) is 4.74. The summed E-state index contributed by atoms with van der Waals surface area (Å²) in [6.07, 6.45) is 1.70. The minimum absolute atomic E-state index is 0.638. The van der Waals surface area contributed by atoms with Crippen LogP contribution >= 0.6 is 11.8 Å². The van der Waals surface area contributed by atoms with Crippen LogP contribution in [0.3, 0.4) is 0 Å². The molecule has 0 fully saturated rings. The second-order valence-corrected chi connectivity index (χ2v) is 6.97. The number of benzene rings is 2. The van der Waals surface area contributed by atoms with Crippen molar-refractivity contribution in [1.29, 1.82) is 0 Å². The first-order valence-electron chi connectivity index (χ1n) is 8.30. The van der Waals surface area contributed by atoms with Crippen LogP contribution in [0.25, 0.3) is 22.8 Å². The minimum atomic E-state index is 0.638. The van der Waals surface area contributed by atoms with Crippen LogP contribution in [0.2, 0.25) is 0 Å². The summed E-state index contributed by atoms with van der Waals surface area (Å²) in [5, 5.41) is 9.49. The van der Waals surface area contributed by atoms with Gasteiger partial charge in [0.15, 0.2) is 11.0 Å². The maximum absolute atomic E-state index is 5.59. The van der Waals surface area contributed by atoms with E-state index in [2.05, 4.69) is 46.4 Å². The van der Waals surface area contributed by atoms with E-state index >= 15 is 0 Å². The largest absolute Gasteiger partial charge is 0.444 e. The van der Waals surface area contributed by atoms with Crippen LogP contribution in [-0.4, -0.2) is 19.7 Å². The van der Waals surface area contributed by atoms with Crippen LogP contribution in [0.1, 0.15) is 11.3 Å². The van der Waals surface area contributed by atoms with Crippen LogP contribution in [0.5, 0.6) is 0 Å². The Bertz CT molecular complexity index is 1010. The number of hydrogen-bond donors (Lipinski definition) is 0. The second kappa shape index (κ2) is 7.17. The van der Waals surface area contributed by atoms with Crippen molar-refractivity contribution < 1.29 is 4.42 Å². The fraction of sp³-hybridized carbons (Fsp3) is 0.150. The molecule has 4 rings (SSSR count). The lowest BCUT2D eigenvalue weighted by atomic mass is 10.1. The van der Waals surface area contributed by atoms with Gasteiger partial charge in [-0.2, -0.15) is 0 Å². The third-order valence-electron chi connectivity index (χ3n) is 4.07. The molecule has 2 heterocycles. The Morgan fingerprint density at radius 2 is 1.73 bits per heavy atom. The van der Waals surface area contributed by atoms with E-state index in [9.17, 15) is 0 Å². The van der Waals surface area contributed by atoms with E-state index in [4.69, 9.17) is 4.42 Å². The first kappa shape index (κ1) is 16.6. The molecule has 0 bridgehead atoms. The zero-order valence-electron chi connectivity index (χ0n) is 14.6. The van der Waals surface area contributed by atoms with Crippen LogP contribution in [0.4, 0.5) is 0 Å². The van der Waals surface area contributed by atoms with Gasteiger partial charge in [0, 0.05) is 23.9 Å². The molecular weight excluding hydrogens is 344 g/mol. The molecule has 2 aromatic heterocycles. The molecule has 26 heavy (non-hydrogen) atoms. The molecule has 6 heteroatoms. The van der Waals surface area contributed by atoms with Crippen molar-refractivity contribution >= 4 is 11.8 Å². The first-order valence-corrected chi connectivity index (χ1v) is 9.28. The quantitative estimate of drug-likeness (QED) is 0.480. The molecule has 0 unspecified atom stereocenters. The molecule has 0 amide bonds. The summed E-state index contributed by atoms with van der Waals surface area (Å²) in [4.78, 5) is 4.55. The third kappa shape index (κ3) is 3.41. The standard InChI is InChI=1S/C20H18N4OS/c1-14-8-10-15(11-9-14)18-22-23-20(24(18)2)26-13-17-12-25-19(21-17)16-6-4-3-5-7-16/h3-12H,13H2,1-2H3. The first-order chi connectivity index (χ1) is 12.7. The molecule has 0 saturated carbocycles. The summed E-state index contributed by atoms with van der Waals surface area (Å²) >= 11 is 1.59. The van der Waals surface area contributed by atoms with Gasteiger partial charge in [0.1, 0.15) is 6.26 Å². The summed E-state index contributed by atoms with van der Waals surface area (Å²) in [5.41, 5.74) is 4.15. The van der Waals surface area contributed by atoms with E-state index in [-0.39, 0.29) is 0 Å². The number of rotatable bonds is 5. The molecule has 0 spiro atoms. The van der Waals surface area contributed by atoms with Crippen molar-refractivity contribution in [2.75, 3.05) is 0 Å². The molecule has 0 aliphatic heterocycles. The second-order valence-electron chi connectivity index (χ2n) is 6.03. The van der Waals surface area contributed by atoms with E-state index in [1.54, 1.807) is 18.0 Å². The summed E-state index contributed by atoms with van der Waals surface area (Å²) in [6.45, 7) is 2.07. The summed E-state index contributed by atoms with van der Waals surface area (Å²) in [6, 6.07) is 18.2. The van der Waals surface area contributed by atoms with Gasteiger partial charge in [0.05, 0.1) is 5.69 Å². The number of thioether (sulfide) groups is 1. The van der Waals surface area contributed by atoms with Gasteiger partial charge in [-0.25, -0.2) is 4.98 Å². The van der Waals surface area contributed by atoms with Crippen molar-refractivity contribution in [3.63, 3.8) is 0 Å². The molecule has 0 aliphatic carbocycles. The zero-order chi connectivity index (χ0) is 17.9. The zero-order valence-corrected chi connectivity index (χ0v) is 15.4. The van der Waals surface area contributed by atoms with E-state index in [0.29, 0.717) is 11.6 Å². The predicted molar refractivity (Wildman–Crippen MR) is 103 cm³/mol. The number of oxazole rings is 1. The fourth-order valence-electron chi connectivity index (χ4n) is 2.62. The van der Waals surface area contributed by atoms with Gasteiger partial charge in [0.2, 0.25) is 5.89 Å². The maximum atomic E-state index is 5.59. The highest BCUT2D eigenvalue weighted by molar-refractivity contribution is 7.98. The molecule has 0 radical (unpaired) electrons. The topological polar surface area (TPSA) is 56.7 Å². The van der Waals surface area contributed by atoms with Gasteiger partial charge in [0.25, 0.3) is 0 Å². The van der Waals surface area contributed by atoms with Gasteiger partial charge in [-0.3, -0.25) is 0 Å². The lowest BCUT2D eigenvalue weighted by molar-refractivity contribution is 0.573. The van der Waals surface area contributed by atoms with Crippen molar-refractivity contribution in [1.82, 2.24) is 19.7 Å². The Hall–Kier alpha value is -2.86. The minimum Gasteiger partial charge on any atom is -0.444 e. The molecule has 5 nitrogen and oxygen atoms in total. The highest BCUT2D eigenvalue weighted by Crippen LogP contribution is 2.26. The fourth-order valence-corrected chi connectivity index (χ4v) is 3.41. The Labute approximate surface area is 156 Å². The van der Waals surface area contributed by atoms with Crippen molar-refractivity contribution in [3.05, 3.63) is 72.1 Å². The number of aryl methyl sites for hydroxylation is 1. The van der Waals surface area contributed by atoms with E-state index < -0.39 is 0 Å². The Kier molecular flexibility index (Phi) is 4.58. The van der Waals surface area contributed by atoms with Crippen molar-refractivity contribution in [2.45, 2.75) is 17.8 Å². The Morgan fingerprint density at radius 1 is 0.962 bits per heavy atom. The molecule has 2 aromatic carbocycles. The van der Waals surface area contributed by atoms with E-state index in [0.717, 1.165) is 27.8 Å². The molecule has 4 aromatic rings. The lowest BCUT2D eigenvalue weighted by Gasteiger charge is -2.03. The summed E-state index contributed by atoms with van der Waals surface area (Å²) < 4.78 is 7.60. The summed E-state index contributed by atoms with van der Waals surface area (Å²) in [5.74, 6) is 2.17. The van der Waals surface area contributed by atoms with E-state index in [1.807, 2.05) is 41.9 Å². The number of hydrogen-bond acceptors (Lipinski definition) is 5. The van der Waals surface area contributed by atoms with Gasteiger partial charge >= 0.3 is 0 Å². The highest BCUT2D eigenvalue weighted by Gasteiger charge is 2.13. The Morgan fingerprint density at radius 3 is 2.50 bits per heavy atom. The smallest absolute Gasteiger partial charge is 0.226 e. The molecular formula is C20H18N4OS. The molecule has 0 N–H and O–H groups in total. The van der Waals surface area contributed by atoms with Gasteiger partial charge in [-0.15, -0.1) is 10.2 Å². The number of nitrogens with zero attached hydrogens (tertiary/aromatic N) is 4.